The van der Waals surface area contributed by atoms with Crippen LogP contribution in [0.1, 0.15) is 0 Å². The highest BCUT2D eigenvalue weighted by Crippen LogP contribution is 2.61. The summed E-state index contributed by atoms with van der Waals surface area (Å²) in [6.07, 6.45) is -2.39. The maximum atomic E-state index is 16.3. The molecule has 11 nitrogen and oxygen atoms in total. The van der Waals surface area contributed by atoms with Gasteiger partial charge in [0.15, 0.2) is 0 Å². The van der Waals surface area contributed by atoms with Crippen molar-refractivity contribution in [3.63, 3.8) is 0 Å². The minimum atomic E-state index is -4.15. The van der Waals surface area contributed by atoms with Crippen molar-refractivity contribution >= 4 is 56.7 Å². The van der Waals surface area contributed by atoms with E-state index in [9.17, 15) is 0 Å². The maximum Gasteiger partial charge on any atom is 0.322 e. The van der Waals surface area contributed by atoms with Crippen LogP contribution in [0.2, 0.25) is 0 Å². The first-order valence-corrected chi connectivity index (χ1v) is 29.2. The van der Waals surface area contributed by atoms with Gasteiger partial charge in [0.25, 0.3) is 29.5 Å². The number of hydrogen-bond acceptors (Lipinski definition) is 9. The van der Waals surface area contributed by atoms with E-state index < -0.39 is 60.6 Å². The highest BCUT2D eigenvalue weighted by molar-refractivity contribution is 7.69. The van der Waals surface area contributed by atoms with Crippen LogP contribution in [0.4, 0.5) is 4.79 Å². The van der Waals surface area contributed by atoms with Crippen LogP contribution >= 0.6 is 29.5 Å². The summed E-state index contributed by atoms with van der Waals surface area (Å²) in [5, 5.41) is 1.44. The van der Waals surface area contributed by atoms with Gasteiger partial charge in [-0.1, -0.05) is 146 Å². The number of hydrogen-bond donors (Lipinski definition) is 0. The highest BCUT2D eigenvalue weighted by Gasteiger charge is 2.49. The second-order valence-electron chi connectivity index (χ2n) is 17.0. The van der Waals surface area contributed by atoms with Crippen molar-refractivity contribution in [2.45, 2.75) is 0 Å². The van der Waals surface area contributed by atoms with Crippen LogP contribution in [-0.4, -0.2) is 41.0 Å². The molecule has 12 rings (SSSR count). The van der Waals surface area contributed by atoms with E-state index in [1.807, 2.05) is 97.1 Å². The molecule has 0 N–H and O–H groups in total. The van der Waals surface area contributed by atoms with E-state index in [0.29, 0.717) is 66.5 Å². The Kier molecular flexibility index (Phi) is 10.1. The van der Waals surface area contributed by atoms with Gasteiger partial charge >= 0.3 is 6.03 Å². The standard InChI is InChI=1S/C53H40N2O9P4/c56-53(54(33-65(57)49-29-13-5-21-41(49)37-17-1-9-25-45(37)61-65)34-66(58)50-30-14-6-22-42(50)38-18-2-10-26-46(38)62-66)55(35-67(59)51-31-15-7-23-43(51)39-19-3-11-27-47(39)63-67)36-68(60)52-32-16-8-24-44(52)40-20-4-12-28-48(40)64-68/h1-32H,33-36H2. The molecule has 15 heteroatoms. The van der Waals surface area contributed by atoms with E-state index in [1.165, 1.54) is 9.80 Å². The Morgan fingerprint density at radius 2 is 0.485 bits per heavy atom. The molecule has 0 radical (unpaired) electrons. The molecule has 0 fully saturated rings. The molecule has 2 amide bonds. The van der Waals surface area contributed by atoms with Crippen LogP contribution in [0.5, 0.6) is 23.0 Å². The van der Waals surface area contributed by atoms with E-state index in [4.69, 9.17) is 18.1 Å². The van der Waals surface area contributed by atoms with Crippen molar-refractivity contribution in [1.82, 2.24) is 9.80 Å². The van der Waals surface area contributed by atoms with Gasteiger partial charge in [-0.2, -0.15) is 0 Å². The number of amides is 2. The summed E-state index contributed by atoms with van der Waals surface area (Å²) < 4.78 is 89.8. The molecule has 336 valence electrons. The van der Waals surface area contributed by atoms with Crippen molar-refractivity contribution in [3.05, 3.63) is 194 Å². The summed E-state index contributed by atoms with van der Waals surface area (Å²) in [4.78, 5) is 18.7. The predicted octanol–water partition coefficient (Wildman–Crippen LogP) is 12.2. The Labute approximate surface area is 392 Å². The quantitative estimate of drug-likeness (QED) is 0.137. The minimum Gasteiger partial charge on any atom is -0.438 e. The van der Waals surface area contributed by atoms with E-state index in [2.05, 4.69) is 0 Å². The van der Waals surface area contributed by atoms with Crippen LogP contribution in [-0.2, 0) is 18.3 Å². The van der Waals surface area contributed by atoms with Crippen LogP contribution < -0.4 is 39.3 Å². The van der Waals surface area contributed by atoms with Crippen molar-refractivity contribution in [2.24, 2.45) is 0 Å². The molecule has 4 atom stereocenters. The lowest BCUT2D eigenvalue weighted by Crippen LogP contribution is -2.48. The Morgan fingerprint density at radius 3 is 0.721 bits per heavy atom. The second kappa shape index (κ2) is 16.2. The van der Waals surface area contributed by atoms with Crippen LogP contribution in [0.3, 0.4) is 0 Å². The molecule has 4 heterocycles. The maximum absolute atomic E-state index is 16.3. The summed E-state index contributed by atoms with van der Waals surface area (Å²) >= 11 is 0. The van der Waals surface area contributed by atoms with Gasteiger partial charge in [0.1, 0.15) is 48.1 Å². The molecular weight excluding hydrogens is 932 g/mol. The third-order valence-electron chi connectivity index (χ3n) is 12.7. The summed E-state index contributed by atoms with van der Waals surface area (Å²) in [7, 11) is -16.6. The summed E-state index contributed by atoms with van der Waals surface area (Å²) in [5.74, 6) is 1.40. The van der Waals surface area contributed by atoms with E-state index in [1.54, 1.807) is 97.1 Å². The smallest absolute Gasteiger partial charge is 0.322 e. The lowest BCUT2D eigenvalue weighted by Gasteiger charge is -2.40. The number of benzene rings is 8. The van der Waals surface area contributed by atoms with Crippen molar-refractivity contribution in [2.75, 3.05) is 25.1 Å². The normalized spacial score (nSPS) is 21.9. The predicted molar refractivity (Wildman–Crippen MR) is 268 cm³/mol. The van der Waals surface area contributed by atoms with E-state index in [0.717, 1.165) is 22.3 Å². The Balaban J connectivity index is 1.03. The molecule has 4 aliphatic rings. The molecule has 0 spiro atoms. The van der Waals surface area contributed by atoms with Crippen molar-refractivity contribution < 1.29 is 41.1 Å². The number of fused-ring (bicyclic) bond motifs is 12. The van der Waals surface area contributed by atoms with Gasteiger partial charge in [-0.15, -0.1) is 0 Å². The zero-order chi connectivity index (χ0) is 46.3. The number of nitrogens with zero attached hydrogens (tertiary/aromatic N) is 2. The zero-order valence-electron chi connectivity index (χ0n) is 36.2. The zero-order valence-corrected chi connectivity index (χ0v) is 39.7. The number of carbonyl (C=O) groups is 1. The summed E-state index contributed by atoms with van der Waals surface area (Å²) in [6.45, 7) is 0. The molecular formula is C53H40N2O9P4. The topological polar surface area (TPSA) is 129 Å². The molecule has 0 bridgehead atoms. The Bertz CT molecular complexity index is 3140. The van der Waals surface area contributed by atoms with Gasteiger partial charge < -0.3 is 27.9 Å². The fourth-order valence-corrected chi connectivity index (χ4v) is 19.4. The number of para-hydroxylation sites is 4. The third kappa shape index (κ3) is 6.99. The van der Waals surface area contributed by atoms with Gasteiger partial charge in [-0.3, -0.25) is 18.3 Å². The molecule has 0 saturated carbocycles. The third-order valence-corrected chi connectivity index (χ3v) is 22.1. The molecule has 0 saturated heterocycles. The molecule has 4 aliphatic heterocycles. The number of carbonyl (C=O) groups excluding carboxylic acids is 1. The Morgan fingerprint density at radius 1 is 0.294 bits per heavy atom. The van der Waals surface area contributed by atoms with Crippen molar-refractivity contribution in [1.29, 1.82) is 0 Å². The fourth-order valence-electron chi connectivity index (χ4n) is 9.75. The summed E-state index contributed by atoms with van der Waals surface area (Å²) in [5.41, 5.74) is 5.53. The molecule has 0 aliphatic carbocycles. The van der Waals surface area contributed by atoms with E-state index in [-0.39, 0.29) is 0 Å². The largest absolute Gasteiger partial charge is 0.438 e. The minimum absolute atomic E-state index is 0.351. The average molecular weight is 973 g/mol. The van der Waals surface area contributed by atoms with Gasteiger partial charge in [0, 0.05) is 22.3 Å². The second-order valence-corrected chi connectivity index (χ2v) is 26.2. The van der Waals surface area contributed by atoms with Crippen LogP contribution in [0.15, 0.2) is 194 Å². The van der Waals surface area contributed by atoms with Gasteiger partial charge in [0.05, 0.1) is 21.2 Å². The molecule has 0 aromatic heterocycles. The van der Waals surface area contributed by atoms with Gasteiger partial charge in [0.2, 0.25) is 0 Å². The number of rotatable bonds is 8. The van der Waals surface area contributed by atoms with E-state index >= 15 is 23.1 Å². The molecule has 8 aromatic rings. The van der Waals surface area contributed by atoms with Crippen molar-refractivity contribution in [3.8, 4) is 67.5 Å². The first kappa shape index (κ1) is 42.5. The van der Waals surface area contributed by atoms with Gasteiger partial charge in [-0.25, -0.2) is 4.79 Å². The SMILES string of the molecule is O=C(N(CP1(=O)Oc2ccccc2-c2ccccc21)CP1(=O)Oc2ccccc2-c2ccccc21)N(CP1(=O)Oc2ccccc2-c2ccccc21)CP1(=O)Oc2ccccc2-c2ccccc21. The lowest BCUT2D eigenvalue weighted by molar-refractivity contribution is 0.176. The fraction of sp³-hybridized carbons (Fsp3) is 0.0755. The van der Waals surface area contributed by atoms with Gasteiger partial charge in [-0.05, 0) is 70.8 Å². The summed E-state index contributed by atoms with van der Waals surface area (Å²) in [6, 6.07) is 56.7. The molecule has 68 heavy (non-hydrogen) atoms. The number of urea groups is 1. The molecule has 4 unspecified atom stereocenters. The Hall–Kier alpha value is -6.85. The van der Waals surface area contributed by atoms with Crippen LogP contribution in [0, 0.1) is 0 Å². The lowest BCUT2D eigenvalue weighted by atomic mass is 10.0. The molecule has 8 aromatic carbocycles. The first-order chi connectivity index (χ1) is 33.0. The average Bonchev–Trinajstić information content (AvgIpc) is 3.36. The monoisotopic (exact) mass is 972 g/mol. The van der Waals surface area contributed by atoms with Crippen LogP contribution in [0.25, 0.3) is 44.5 Å². The highest BCUT2D eigenvalue weighted by atomic mass is 31.2. The first-order valence-electron chi connectivity index (χ1n) is 22.0.